The molecule has 0 aromatic heterocycles. The highest BCUT2D eigenvalue weighted by molar-refractivity contribution is 6.35. The van der Waals surface area contributed by atoms with Crippen LogP contribution in [0.25, 0.3) is 5.57 Å². The van der Waals surface area contributed by atoms with Gasteiger partial charge in [0, 0.05) is 19.6 Å². The lowest BCUT2D eigenvalue weighted by Gasteiger charge is -2.30. The number of benzene rings is 1. The largest absolute Gasteiger partial charge is 0.493 e. The minimum absolute atomic E-state index is 0.0348. The van der Waals surface area contributed by atoms with Crippen molar-refractivity contribution in [3.05, 3.63) is 35.5 Å². The molecule has 6 nitrogen and oxygen atoms in total. The fraction of sp³-hybridized carbons (Fsp3) is 0.565. The van der Waals surface area contributed by atoms with E-state index in [1.807, 2.05) is 24.3 Å². The summed E-state index contributed by atoms with van der Waals surface area (Å²) >= 11 is 0. The molecule has 1 aliphatic carbocycles. The summed E-state index contributed by atoms with van der Waals surface area (Å²) in [6.07, 6.45) is 4.97. The van der Waals surface area contributed by atoms with Gasteiger partial charge in [0.05, 0.1) is 18.8 Å². The second kappa shape index (κ2) is 9.44. The number of carbonyl (C=O) groups is 2. The van der Waals surface area contributed by atoms with Gasteiger partial charge < -0.3 is 14.7 Å². The first kappa shape index (κ1) is 21.4. The first-order valence-electron chi connectivity index (χ1n) is 10.6. The molecule has 1 fully saturated rings. The van der Waals surface area contributed by atoms with Gasteiger partial charge in [-0.15, -0.1) is 0 Å². The van der Waals surface area contributed by atoms with Crippen LogP contribution in [-0.2, 0) is 9.59 Å². The van der Waals surface area contributed by atoms with E-state index in [0.717, 1.165) is 37.9 Å². The molecule has 29 heavy (non-hydrogen) atoms. The highest BCUT2D eigenvalue weighted by Crippen LogP contribution is 2.36. The zero-order valence-electron chi connectivity index (χ0n) is 17.7. The summed E-state index contributed by atoms with van der Waals surface area (Å²) in [5.41, 5.74) is 1.51. The number of nitrogens with zero attached hydrogens (tertiary/aromatic N) is 2. The Morgan fingerprint density at radius 3 is 2.34 bits per heavy atom. The molecule has 1 heterocycles. The number of amides is 2. The van der Waals surface area contributed by atoms with Gasteiger partial charge in [0.1, 0.15) is 11.4 Å². The Kier molecular flexibility index (Phi) is 6.96. The number of aliphatic hydroxyl groups is 1. The van der Waals surface area contributed by atoms with Crippen LogP contribution in [0.3, 0.4) is 0 Å². The Morgan fingerprint density at radius 1 is 1.10 bits per heavy atom. The number of hydrogen-bond donors (Lipinski definition) is 1. The molecule has 3 rings (SSSR count). The average Bonchev–Trinajstić information content (AvgIpc) is 2.98. The highest BCUT2D eigenvalue weighted by atomic mass is 16.5. The van der Waals surface area contributed by atoms with Crippen molar-refractivity contribution in [1.82, 2.24) is 9.80 Å². The van der Waals surface area contributed by atoms with E-state index in [2.05, 4.69) is 13.8 Å². The SMILES string of the molecule is CC(C)COc1ccc(C2=C(N(C)CCO)C(=O)N(C3CCCCC3)C2=O)cc1. The van der Waals surface area contributed by atoms with Crippen molar-refractivity contribution in [2.24, 2.45) is 5.92 Å². The second-order valence-corrected chi connectivity index (χ2v) is 8.37. The van der Waals surface area contributed by atoms with Gasteiger partial charge in [-0.05, 0) is 36.5 Å². The second-order valence-electron chi connectivity index (χ2n) is 8.37. The molecule has 1 aliphatic heterocycles. The first-order valence-corrected chi connectivity index (χ1v) is 10.6. The van der Waals surface area contributed by atoms with Crippen LogP contribution in [0.1, 0.15) is 51.5 Å². The molecule has 0 bridgehead atoms. The third-order valence-electron chi connectivity index (χ3n) is 5.57. The lowest BCUT2D eigenvalue weighted by Crippen LogP contribution is -2.43. The molecule has 2 aliphatic rings. The van der Waals surface area contributed by atoms with Crippen molar-refractivity contribution >= 4 is 17.4 Å². The van der Waals surface area contributed by atoms with Crippen LogP contribution >= 0.6 is 0 Å². The van der Waals surface area contributed by atoms with Gasteiger partial charge in [0.15, 0.2) is 0 Å². The van der Waals surface area contributed by atoms with Crippen LogP contribution in [0.5, 0.6) is 5.75 Å². The normalized spacial score (nSPS) is 18.2. The van der Waals surface area contributed by atoms with Crippen molar-refractivity contribution < 1.29 is 19.4 Å². The average molecular weight is 401 g/mol. The van der Waals surface area contributed by atoms with Gasteiger partial charge in [-0.3, -0.25) is 14.5 Å². The van der Waals surface area contributed by atoms with Crippen molar-refractivity contribution in [3.63, 3.8) is 0 Å². The first-order chi connectivity index (χ1) is 13.9. The van der Waals surface area contributed by atoms with Gasteiger partial charge in [0.25, 0.3) is 11.8 Å². The predicted molar refractivity (Wildman–Crippen MR) is 112 cm³/mol. The summed E-state index contributed by atoms with van der Waals surface area (Å²) in [6.45, 7) is 5.02. The summed E-state index contributed by atoms with van der Waals surface area (Å²) in [5, 5.41) is 9.37. The summed E-state index contributed by atoms with van der Waals surface area (Å²) < 4.78 is 5.74. The van der Waals surface area contributed by atoms with Crippen LogP contribution in [0.2, 0.25) is 0 Å². The fourth-order valence-electron chi connectivity index (χ4n) is 4.06. The van der Waals surface area contributed by atoms with Gasteiger partial charge in [0.2, 0.25) is 0 Å². The predicted octanol–water partition coefficient (Wildman–Crippen LogP) is 3.06. The van der Waals surface area contributed by atoms with Crippen molar-refractivity contribution in [2.45, 2.75) is 52.0 Å². The standard InChI is InChI=1S/C23H32N2O4/c1-16(2)15-29-19-11-9-17(10-12-19)20-21(24(3)13-14-26)23(28)25(22(20)27)18-7-5-4-6-8-18/h9-12,16,18,26H,4-8,13-15H2,1-3H3. The smallest absolute Gasteiger partial charge is 0.278 e. The fourth-order valence-corrected chi connectivity index (χ4v) is 4.06. The minimum atomic E-state index is -0.243. The monoisotopic (exact) mass is 400 g/mol. The van der Waals surface area contributed by atoms with E-state index in [9.17, 15) is 14.7 Å². The summed E-state index contributed by atoms with van der Waals surface area (Å²) in [5.74, 6) is 0.703. The topological polar surface area (TPSA) is 70.1 Å². The molecule has 0 saturated heterocycles. The van der Waals surface area contributed by atoms with Crippen molar-refractivity contribution in [3.8, 4) is 5.75 Å². The van der Waals surface area contributed by atoms with E-state index < -0.39 is 0 Å². The quantitative estimate of drug-likeness (QED) is 0.679. The molecular formula is C23H32N2O4. The molecule has 0 unspecified atom stereocenters. The maximum Gasteiger partial charge on any atom is 0.278 e. The van der Waals surface area contributed by atoms with E-state index >= 15 is 0 Å². The molecule has 158 valence electrons. The van der Waals surface area contributed by atoms with E-state index in [1.54, 1.807) is 11.9 Å². The van der Waals surface area contributed by atoms with Gasteiger partial charge in [-0.25, -0.2) is 0 Å². The number of rotatable bonds is 8. The van der Waals surface area contributed by atoms with E-state index in [-0.39, 0.29) is 24.5 Å². The Morgan fingerprint density at radius 2 is 1.76 bits per heavy atom. The Labute approximate surface area is 173 Å². The zero-order chi connectivity index (χ0) is 21.0. The van der Waals surface area contributed by atoms with Gasteiger partial charge >= 0.3 is 0 Å². The van der Waals surface area contributed by atoms with Crippen LogP contribution in [0.4, 0.5) is 0 Å². The summed E-state index contributed by atoms with van der Waals surface area (Å²) in [6, 6.07) is 7.33. The number of aliphatic hydroxyl groups excluding tert-OH is 1. The number of imide groups is 1. The number of likely N-dealkylation sites (N-methyl/N-ethyl adjacent to an activating group) is 1. The van der Waals surface area contributed by atoms with Crippen LogP contribution in [0.15, 0.2) is 30.0 Å². The zero-order valence-corrected chi connectivity index (χ0v) is 17.7. The maximum atomic E-state index is 13.4. The van der Waals surface area contributed by atoms with E-state index in [4.69, 9.17) is 4.74 Å². The lowest BCUT2D eigenvalue weighted by atomic mass is 9.94. The van der Waals surface area contributed by atoms with Crippen molar-refractivity contribution in [2.75, 3.05) is 26.8 Å². The lowest BCUT2D eigenvalue weighted by molar-refractivity contribution is -0.140. The molecular weight excluding hydrogens is 368 g/mol. The summed E-state index contributed by atoms with van der Waals surface area (Å²) in [4.78, 5) is 29.8. The van der Waals surface area contributed by atoms with E-state index in [1.165, 1.54) is 4.90 Å². The third kappa shape index (κ3) is 4.64. The molecule has 6 heteroatoms. The van der Waals surface area contributed by atoms with Crippen LogP contribution in [0, 0.1) is 5.92 Å². The summed E-state index contributed by atoms with van der Waals surface area (Å²) in [7, 11) is 1.75. The number of ether oxygens (including phenoxy) is 1. The molecule has 0 atom stereocenters. The third-order valence-corrected chi connectivity index (χ3v) is 5.57. The van der Waals surface area contributed by atoms with Gasteiger partial charge in [-0.2, -0.15) is 0 Å². The Hall–Kier alpha value is -2.34. The molecule has 0 spiro atoms. The minimum Gasteiger partial charge on any atom is -0.493 e. The van der Waals surface area contributed by atoms with Crippen LogP contribution < -0.4 is 4.74 Å². The number of carbonyl (C=O) groups excluding carboxylic acids is 2. The molecule has 0 radical (unpaired) electrons. The Bertz CT molecular complexity index is 764. The number of hydrogen-bond acceptors (Lipinski definition) is 5. The van der Waals surface area contributed by atoms with E-state index in [0.29, 0.717) is 35.9 Å². The molecule has 1 aromatic carbocycles. The molecule has 1 N–H and O–H groups in total. The Balaban J connectivity index is 1.92. The maximum absolute atomic E-state index is 13.4. The van der Waals surface area contributed by atoms with Crippen LogP contribution in [-0.4, -0.2) is 59.6 Å². The molecule has 1 aromatic rings. The van der Waals surface area contributed by atoms with Gasteiger partial charge in [-0.1, -0.05) is 45.2 Å². The highest BCUT2D eigenvalue weighted by Gasteiger charge is 2.44. The molecule has 2 amide bonds. The van der Waals surface area contributed by atoms with Crippen molar-refractivity contribution in [1.29, 1.82) is 0 Å². The molecule has 1 saturated carbocycles.